The van der Waals surface area contributed by atoms with Crippen LogP contribution in [0.15, 0.2) is 59.4 Å². The Morgan fingerprint density at radius 2 is 1.40 bits per heavy atom. The van der Waals surface area contributed by atoms with E-state index in [0.29, 0.717) is 34.4 Å². The lowest BCUT2D eigenvalue weighted by Crippen LogP contribution is -2.59. The Bertz CT molecular complexity index is 3800. The van der Waals surface area contributed by atoms with Crippen molar-refractivity contribution in [2.75, 3.05) is 25.0 Å². The quantitative estimate of drug-likeness (QED) is 0.0138. The Balaban J connectivity index is 0.999. The number of benzene rings is 2. The van der Waals surface area contributed by atoms with Crippen LogP contribution in [0.2, 0.25) is 0 Å². The summed E-state index contributed by atoms with van der Waals surface area (Å²) >= 11 is 0. The molecule has 3 aliphatic heterocycles. The summed E-state index contributed by atoms with van der Waals surface area (Å²) in [5.41, 5.74) is -1.70. The number of hydrogen-bond donors (Lipinski definition) is 7. The van der Waals surface area contributed by atoms with Gasteiger partial charge >= 0.3 is 24.1 Å². The molecule has 0 radical (unpaired) electrons. The SMILES string of the molecule is CC[C@@]1(O)C(=O)OCc2c1cc1n(c2=O)Cc2c-1nc1cc(F)c(F)cc1c2CCN(C(=O)OCc1ccc(NC(=O)[C@H](CCCCNC(=O)OC(C)(C)C)NC(=O)[C@H](C)NC(=O)[C@@H](NC(=O)[C@H](CCCC(=O)OC(C)(C)C)NC(=O)CN2C(=O)C=CC2=O)C(C)C)cc1)C(C)C. The van der Waals surface area contributed by atoms with Crippen LogP contribution in [0, 0.1) is 17.6 Å². The molecule has 5 heterocycles. The van der Waals surface area contributed by atoms with Gasteiger partial charge in [0.05, 0.1) is 29.0 Å². The third-order valence-electron chi connectivity index (χ3n) is 16.3. The summed E-state index contributed by atoms with van der Waals surface area (Å²) in [7, 11) is 0. The summed E-state index contributed by atoms with van der Waals surface area (Å²) in [4.78, 5) is 166. The summed E-state index contributed by atoms with van der Waals surface area (Å²) in [6.45, 7) is 18.7. The summed E-state index contributed by atoms with van der Waals surface area (Å²) < 4.78 is 53.0. The number of cyclic esters (lactones) is 1. The number of rotatable bonds is 28. The highest BCUT2D eigenvalue weighted by Crippen LogP contribution is 2.41. The van der Waals surface area contributed by atoms with Gasteiger partial charge in [0, 0.05) is 66.0 Å². The van der Waals surface area contributed by atoms with E-state index < -0.39 is 142 Å². The number of amides is 9. The van der Waals surface area contributed by atoms with E-state index in [1.807, 2.05) is 0 Å². The maximum Gasteiger partial charge on any atom is 0.410 e. The predicted molar refractivity (Wildman–Crippen MR) is 347 cm³/mol. The molecule has 7 N–H and O–H groups in total. The van der Waals surface area contributed by atoms with Crippen LogP contribution < -0.4 is 37.5 Å². The van der Waals surface area contributed by atoms with Crippen LogP contribution in [0.1, 0.15) is 156 Å². The van der Waals surface area contributed by atoms with Crippen molar-refractivity contribution in [3.63, 3.8) is 0 Å². The molecule has 2 aromatic heterocycles. The van der Waals surface area contributed by atoms with Gasteiger partial charge < -0.3 is 65.4 Å². The number of pyridine rings is 2. The second-order valence-electron chi connectivity index (χ2n) is 26.7. The van der Waals surface area contributed by atoms with Gasteiger partial charge in [-0.1, -0.05) is 32.9 Å². The number of anilines is 1. The monoisotopic (exact) mass is 1350 g/mol. The number of carbonyl (C=O) groups is 11. The molecular weight excluding hydrogens is 1270 g/mol. The summed E-state index contributed by atoms with van der Waals surface area (Å²) in [5, 5.41) is 27.5. The zero-order valence-corrected chi connectivity index (χ0v) is 56.6. The van der Waals surface area contributed by atoms with Crippen molar-refractivity contribution in [2.45, 2.75) is 201 Å². The summed E-state index contributed by atoms with van der Waals surface area (Å²) in [6.07, 6.45) is 1.06. The molecule has 9 amide bonds. The Morgan fingerprint density at radius 3 is 2.03 bits per heavy atom. The van der Waals surface area contributed by atoms with Gasteiger partial charge in [0.2, 0.25) is 29.5 Å². The van der Waals surface area contributed by atoms with Crippen LogP contribution in [0.25, 0.3) is 22.3 Å². The molecule has 0 aliphatic carbocycles. The second kappa shape index (κ2) is 31.5. The molecule has 29 heteroatoms. The van der Waals surface area contributed by atoms with Crippen molar-refractivity contribution in [3.8, 4) is 11.4 Å². The van der Waals surface area contributed by atoms with Gasteiger partial charge in [0.1, 0.15) is 55.1 Å². The number of carbonyl (C=O) groups excluding carboxylic acids is 11. The van der Waals surface area contributed by atoms with Crippen LogP contribution in [0.4, 0.5) is 24.1 Å². The van der Waals surface area contributed by atoms with E-state index in [1.54, 1.807) is 100 Å². The van der Waals surface area contributed by atoms with Crippen molar-refractivity contribution < 1.29 is 85.6 Å². The van der Waals surface area contributed by atoms with E-state index in [-0.39, 0.29) is 110 Å². The second-order valence-corrected chi connectivity index (χ2v) is 26.7. The fourth-order valence-corrected chi connectivity index (χ4v) is 11.2. The van der Waals surface area contributed by atoms with E-state index in [1.165, 1.54) is 22.5 Å². The highest BCUT2D eigenvalue weighted by molar-refractivity contribution is 6.14. The van der Waals surface area contributed by atoms with Crippen molar-refractivity contribution in [1.29, 1.82) is 0 Å². The lowest BCUT2D eigenvalue weighted by atomic mass is 9.86. The first kappa shape index (κ1) is 74.7. The van der Waals surface area contributed by atoms with Crippen LogP contribution in [-0.4, -0.2) is 151 Å². The Labute approximate surface area is 559 Å². The van der Waals surface area contributed by atoms with E-state index in [9.17, 15) is 67.0 Å². The third-order valence-corrected chi connectivity index (χ3v) is 16.3. The topological polar surface area (TPSA) is 358 Å². The lowest BCUT2D eigenvalue weighted by Gasteiger charge is -2.31. The van der Waals surface area contributed by atoms with Gasteiger partial charge in [-0.15, -0.1) is 0 Å². The molecule has 0 bridgehead atoms. The van der Waals surface area contributed by atoms with E-state index >= 15 is 4.39 Å². The van der Waals surface area contributed by atoms with Crippen LogP contribution in [0.3, 0.4) is 0 Å². The zero-order valence-electron chi connectivity index (χ0n) is 56.6. The number of imide groups is 1. The average Bonchev–Trinajstić information content (AvgIpc) is 1.62. The lowest BCUT2D eigenvalue weighted by molar-refractivity contribution is -0.172. The molecule has 0 fully saturated rings. The smallest absolute Gasteiger partial charge is 0.410 e. The largest absolute Gasteiger partial charge is 0.460 e. The minimum Gasteiger partial charge on any atom is -0.460 e. The molecule has 7 rings (SSSR count). The molecule has 0 unspecified atom stereocenters. The van der Waals surface area contributed by atoms with Gasteiger partial charge in [0.15, 0.2) is 17.2 Å². The molecular formula is C68H86F2N10O17. The minimum absolute atomic E-state index is 0.00486. The number of hydrogen-bond acceptors (Lipinski definition) is 18. The summed E-state index contributed by atoms with van der Waals surface area (Å²) in [5.74, 6) is -9.84. The van der Waals surface area contributed by atoms with E-state index in [0.717, 1.165) is 24.3 Å². The number of aliphatic hydroxyl groups is 1. The highest BCUT2D eigenvalue weighted by atomic mass is 19.2. The molecule has 5 atom stereocenters. The fourth-order valence-electron chi connectivity index (χ4n) is 11.2. The highest BCUT2D eigenvalue weighted by Gasteiger charge is 2.46. The van der Waals surface area contributed by atoms with Crippen LogP contribution in [0.5, 0.6) is 0 Å². The molecule has 0 spiro atoms. The molecule has 0 saturated heterocycles. The van der Waals surface area contributed by atoms with E-state index in [4.69, 9.17) is 18.9 Å². The first-order valence-corrected chi connectivity index (χ1v) is 32.2. The van der Waals surface area contributed by atoms with Crippen molar-refractivity contribution in [3.05, 3.63) is 104 Å². The predicted octanol–water partition coefficient (Wildman–Crippen LogP) is 5.63. The van der Waals surface area contributed by atoms with Gasteiger partial charge in [-0.2, -0.15) is 0 Å². The maximum absolute atomic E-state index is 15.0. The molecule has 27 nitrogen and oxygen atoms in total. The fraction of sp³-hybridized carbons (Fsp3) is 0.515. The molecule has 4 aromatic rings. The number of aromatic nitrogens is 2. The van der Waals surface area contributed by atoms with Crippen LogP contribution >= 0.6 is 0 Å². The van der Waals surface area contributed by atoms with Gasteiger partial charge in [-0.25, -0.2) is 28.1 Å². The number of esters is 2. The minimum atomic E-state index is -2.11. The normalized spacial score (nSPS) is 16.1. The standard InChI is InChI=1S/C68H86F2N10O17/c1-13-68(93)45-30-51-57-43(32-79(51)62(89)44(45)35-94-63(68)90)41(42-29-46(69)47(70)31-50(42)75-57)26-28-78(37(4)5)65(92)95-34-39-20-22-40(23-21-39)73-59(86)49(17-14-15-27-71-64(91)97-67(10,11)12)76-58(85)38(6)72-61(88)56(36(2)3)77-60(87)48(18-16-19-55(84)96-66(7,8)9)74-52(81)33-80-53(82)24-25-54(80)83/h20-25,29-31,36-38,48-49,56,93H,13-19,26-28,32-35H2,1-12H3,(H,71,91)(H,72,88)(H,73,86)(H,74,81)(H,76,85)(H,77,87)/t38-,48-,49-,56-,68-/m0/s1. The molecule has 3 aliphatic rings. The van der Waals surface area contributed by atoms with Gasteiger partial charge in [0.25, 0.3) is 17.4 Å². The number of ether oxygens (including phenoxy) is 4. The third kappa shape index (κ3) is 19.1. The molecule has 0 saturated carbocycles. The van der Waals surface area contributed by atoms with Gasteiger partial charge in [-0.05, 0) is 149 Å². The molecule has 2 aromatic carbocycles. The summed E-state index contributed by atoms with van der Waals surface area (Å²) in [6, 6.07) is 4.09. The Hall–Kier alpha value is -9.67. The zero-order chi connectivity index (χ0) is 71.6. The van der Waals surface area contributed by atoms with E-state index in [2.05, 4.69) is 36.9 Å². The average molecular weight is 1350 g/mol. The maximum atomic E-state index is 15.0. The van der Waals surface area contributed by atoms with Crippen molar-refractivity contribution in [2.24, 2.45) is 5.92 Å². The number of halogens is 2. The molecule has 97 heavy (non-hydrogen) atoms. The van der Waals surface area contributed by atoms with Gasteiger partial charge in [-0.3, -0.25) is 48.1 Å². The first-order chi connectivity index (χ1) is 45.5. The number of nitrogens with one attached hydrogen (secondary N) is 6. The van der Waals surface area contributed by atoms with Crippen LogP contribution in [-0.2, 0) is 93.9 Å². The number of alkyl carbamates (subject to hydrolysis) is 1. The Kier molecular flexibility index (Phi) is 24.2. The molecule has 524 valence electrons. The van der Waals surface area contributed by atoms with Crippen molar-refractivity contribution in [1.82, 2.24) is 45.9 Å². The van der Waals surface area contributed by atoms with Crippen molar-refractivity contribution >= 4 is 82.1 Å². The number of unbranched alkanes of at least 4 members (excludes halogenated alkanes) is 1. The first-order valence-electron chi connectivity index (χ1n) is 32.2. The number of nitrogens with zero attached hydrogens (tertiary/aromatic N) is 4. The number of fused-ring (bicyclic) bond motifs is 5. The Morgan fingerprint density at radius 1 is 0.763 bits per heavy atom.